The first-order valence-corrected chi connectivity index (χ1v) is 9.87. The number of hydrogen-bond donors (Lipinski definition) is 1. The molecule has 2 aliphatic rings. The van der Waals surface area contributed by atoms with Gasteiger partial charge in [-0.2, -0.15) is 17.0 Å². The molecule has 0 unspecified atom stereocenters. The zero-order chi connectivity index (χ0) is 17.7. The van der Waals surface area contributed by atoms with Gasteiger partial charge in [0.25, 0.3) is 10.2 Å². The van der Waals surface area contributed by atoms with Crippen LogP contribution in [0.5, 0.6) is 0 Å². The molecule has 0 saturated carbocycles. The number of nitrogens with one attached hydrogen (secondary N) is 1. The number of para-hydroxylation sites is 1. The molecular weight excluding hydrogens is 380 g/mol. The molecule has 0 aliphatic carbocycles. The van der Waals surface area contributed by atoms with Crippen LogP contribution in [0.3, 0.4) is 0 Å². The summed E-state index contributed by atoms with van der Waals surface area (Å²) in [4.78, 5) is 14.0. The highest BCUT2D eigenvalue weighted by Crippen LogP contribution is 2.14. The van der Waals surface area contributed by atoms with E-state index in [-0.39, 0.29) is 24.9 Å². The van der Waals surface area contributed by atoms with Crippen molar-refractivity contribution < 1.29 is 17.9 Å². The minimum Gasteiger partial charge on any atom is -0.379 e. The molecule has 2 fully saturated rings. The summed E-state index contributed by atoms with van der Waals surface area (Å²) in [5, 5.41) is 3.09. The molecule has 3 rings (SSSR count). The number of morpholine rings is 1. The summed E-state index contributed by atoms with van der Waals surface area (Å²) < 4.78 is 33.4. The van der Waals surface area contributed by atoms with Crippen molar-refractivity contribution in [2.75, 3.05) is 64.3 Å². The van der Waals surface area contributed by atoms with Crippen LogP contribution in [-0.4, -0.2) is 86.9 Å². The standard InChI is InChI=1S/C16H24N4O4S.ClH/c21-16(14-17-15-4-2-1-3-5-15)18-6-8-19(9-7-18)25(22,23)20-10-12-24-13-11-20;/h1-5,17H,6-14H2;1H. The van der Waals surface area contributed by atoms with Gasteiger partial charge in [0.2, 0.25) is 5.91 Å². The van der Waals surface area contributed by atoms with E-state index in [1.54, 1.807) is 4.90 Å². The Morgan fingerprint density at radius 3 is 2.15 bits per heavy atom. The molecule has 0 radical (unpaired) electrons. The van der Waals surface area contributed by atoms with Crippen molar-refractivity contribution >= 4 is 34.2 Å². The summed E-state index contributed by atoms with van der Waals surface area (Å²) in [5.74, 6) is -0.0210. The molecule has 1 aromatic rings. The van der Waals surface area contributed by atoms with E-state index in [0.717, 1.165) is 5.69 Å². The lowest BCUT2D eigenvalue weighted by atomic mass is 10.3. The maximum absolute atomic E-state index is 12.6. The van der Waals surface area contributed by atoms with E-state index in [0.29, 0.717) is 52.5 Å². The highest BCUT2D eigenvalue weighted by molar-refractivity contribution is 7.86. The summed E-state index contributed by atoms with van der Waals surface area (Å²) >= 11 is 0. The summed E-state index contributed by atoms with van der Waals surface area (Å²) in [6.45, 7) is 3.35. The van der Waals surface area contributed by atoms with Crippen LogP contribution < -0.4 is 5.32 Å². The first kappa shape index (κ1) is 20.9. The van der Waals surface area contributed by atoms with Crippen LogP contribution in [0.4, 0.5) is 5.69 Å². The lowest BCUT2D eigenvalue weighted by Gasteiger charge is -2.37. The van der Waals surface area contributed by atoms with Crippen LogP contribution in [0.25, 0.3) is 0 Å². The minimum atomic E-state index is -3.46. The molecule has 0 spiro atoms. The van der Waals surface area contributed by atoms with Gasteiger partial charge < -0.3 is 15.0 Å². The summed E-state index contributed by atoms with van der Waals surface area (Å²) in [7, 11) is -3.46. The zero-order valence-electron chi connectivity index (χ0n) is 14.5. The third-order valence-electron chi connectivity index (χ3n) is 4.43. The van der Waals surface area contributed by atoms with Gasteiger partial charge in [-0.25, -0.2) is 0 Å². The second-order valence-electron chi connectivity index (χ2n) is 6.02. The highest BCUT2D eigenvalue weighted by atomic mass is 35.5. The van der Waals surface area contributed by atoms with Gasteiger partial charge in [-0.1, -0.05) is 18.2 Å². The maximum Gasteiger partial charge on any atom is 0.282 e. The van der Waals surface area contributed by atoms with Crippen LogP contribution in [0.2, 0.25) is 0 Å². The van der Waals surface area contributed by atoms with Crippen molar-refractivity contribution in [2.24, 2.45) is 0 Å². The Bertz CT molecular complexity index is 675. The molecular formula is C16H25ClN4O4S. The number of carbonyl (C=O) groups excluding carboxylic acids is 1. The molecule has 0 bridgehead atoms. The number of rotatable bonds is 5. The van der Waals surface area contributed by atoms with E-state index in [2.05, 4.69) is 5.32 Å². The Hall–Kier alpha value is -1.39. The first-order chi connectivity index (χ1) is 12.1. The van der Waals surface area contributed by atoms with Gasteiger partial charge in [-0.3, -0.25) is 4.79 Å². The fourth-order valence-electron chi connectivity index (χ4n) is 2.95. The van der Waals surface area contributed by atoms with Crippen LogP contribution in [-0.2, 0) is 19.7 Å². The smallest absolute Gasteiger partial charge is 0.282 e. The monoisotopic (exact) mass is 404 g/mol. The van der Waals surface area contributed by atoms with Gasteiger partial charge in [-0.15, -0.1) is 12.4 Å². The number of nitrogens with zero attached hydrogens (tertiary/aromatic N) is 3. The Morgan fingerprint density at radius 2 is 1.54 bits per heavy atom. The predicted octanol–water partition coefficient (Wildman–Crippen LogP) is 0.242. The number of amides is 1. The number of benzene rings is 1. The molecule has 10 heteroatoms. The van der Waals surface area contributed by atoms with Crippen LogP contribution >= 0.6 is 12.4 Å². The fourth-order valence-corrected chi connectivity index (χ4v) is 4.52. The first-order valence-electron chi connectivity index (χ1n) is 8.47. The lowest BCUT2D eigenvalue weighted by Crippen LogP contribution is -2.56. The minimum absolute atomic E-state index is 0. The lowest BCUT2D eigenvalue weighted by molar-refractivity contribution is -0.130. The second-order valence-corrected chi connectivity index (χ2v) is 7.95. The molecule has 1 amide bonds. The summed E-state index contributed by atoms with van der Waals surface area (Å²) in [5.41, 5.74) is 0.893. The third kappa shape index (κ3) is 5.08. The Balaban J connectivity index is 0.00000243. The van der Waals surface area contributed by atoms with E-state index in [1.165, 1.54) is 8.61 Å². The highest BCUT2D eigenvalue weighted by Gasteiger charge is 2.34. The van der Waals surface area contributed by atoms with Crippen molar-refractivity contribution in [1.82, 2.24) is 13.5 Å². The Labute approximate surface area is 160 Å². The van der Waals surface area contributed by atoms with Gasteiger partial charge in [0.1, 0.15) is 0 Å². The van der Waals surface area contributed by atoms with E-state index in [4.69, 9.17) is 4.74 Å². The van der Waals surface area contributed by atoms with Crippen LogP contribution in [0, 0.1) is 0 Å². The molecule has 0 atom stereocenters. The number of ether oxygens (including phenoxy) is 1. The third-order valence-corrected chi connectivity index (χ3v) is 6.47. The van der Waals surface area contributed by atoms with Gasteiger partial charge in [0, 0.05) is 45.0 Å². The number of piperazine rings is 1. The molecule has 2 aliphatic heterocycles. The van der Waals surface area contributed by atoms with Crippen molar-refractivity contribution in [3.05, 3.63) is 30.3 Å². The average Bonchev–Trinajstić information content (AvgIpc) is 2.68. The molecule has 146 valence electrons. The van der Waals surface area contributed by atoms with Crippen molar-refractivity contribution in [1.29, 1.82) is 0 Å². The summed E-state index contributed by atoms with van der Waals surface area (Å²) in [6, 6.07) is 9.53. The number of hydrogen-bond acceptors (Lipinski definition) is 5. The van der Waals surface area contributed by atoms with Gasteiger partial charge in [0.05, 0.1) is 19.8 Å². The number of carbonyl (C=O) groups is 1. The average molecular weight is 405 g/mol. The molecule has 26 heavy (non-hydrogen) atoms. The van der Waals surface area contributed by atoms with Crippen molar-refractivity contribution in [3.63, 3.8) is 0 Å². The van der Waals surface area contributed by atoms with E-state index >= 15 is 0 Å². The van der Waals surface area contributed by atoms with Gasteiger partial charge in [-0.05, 0) is 12.1 Å². The quantitative estimate of drug-likeness (QED) is 0.760. The fraction of sp³-hybridized carbons (Fsp3) is 0.562. The SMILES string of the molecule is Cl.O=C(CNc1ccccc1)N1CCN(S(=O)(=O)N2CCOCC2)CC1. The predicted molar refractivity (Wildman–Crippen MR) is 102 cm³/mol. The number of halogens is 1. The van der Waals surface area contributed by atoms with Crippen LogP contribution in [0.15, 0.2) is 30.3 Å². The molecule has 1 N–H and O–H groups in total. The molecule has 1 aromatic carbocycles. The molecule has 0 aromatic heterocycles. The molecule has 2 heterocycles. The van der Waals surface area contributed by atoms with E-state index in [1.807, 2.05) is 30.3 Å². The van der Waals surface area contributed by atoms with Crippen LogP contribution in [0.1, 0.15) is 0 Å². The maximum atomic E-state index is 12.6. The molecule has 2 saturated heterocycles. The Morgan fingerprint density at radius 1 is 0.962 bits per heavy atom. The van der Waals surface area contributed by atoms with E-state index in [9.17, 15) is 13.2 Å². The largest absolute Gasteiger partial charge is 0.379 e. The second kappa shape index (κ2) is 9.52. The number of anilines is 1. The topological polar surface area (TPSA) is 82.2 Å². The van der Waals surface area contributed by atoms with Crippen molar-refractivity contribution in [2.45, 2.75) is 0 Å². The summed E-state index contributed by atoms with van der Waals surface area (Å²) in [6.07, 6.45) is 0. The zero-order valence-corrected chi connectivity index (χ0v) is 16.2. The normalized spacial score (nSPS) is 19.6. The van der Waals surface area contributed by atoms with E-state index < -0.39 is 10.2 Å². The molecule has 8 nitrogen and oxygen atoms in total. The van der Waals surface area contributed by atoms with Gasteiger partial charge >= 0.3 is 0 Å². The van der Waals surface area contributed by atoms with Gasteiger partial charge in [0.15, 0.2) is 0 Å². The van der Waals surface area contributed by atoms with Crippen molar-refractivity contribution in [3.8, 4) is 0 Å². The Kier molecular flexibility index (Phi) is 7.66.